The minimum Gasteiger partial charge on any atom is -0.393 e. The minimum atomic E-state index is -1.10. The Kier molecular flexibility index (Phi) is 3.24. The minimum absolute atomic E-state index is 0.0613. The number of rotatable bonds is 3. The van der Waals surface area contributed by atoms with E-state index in [2.05, 4.69) is 4.98 Å². The number of nitrogen functional groups attached to an aromatic ring is 1. The molecule has 0 amide bonds. The van der Waals surface area contributed by atoms with Gasteiger partial charge in [0.15, 0.2) is 6.23 Å². The van der Waals surface area contributed by atoms with Crippen molar-refractivity contribution in [3.63, 3.8) is 0 Å². The number of aliphatic hydroxyl groups is 2. The lowest BCUT2D eigenvalue weighted by molar-refractivity contribution is -0.141. The number of aromatic nitrogens is 2. The number of nitrogens with two attached hydrogens (primary N) is 1. The standard InChI is InChI=1S/C12H16ClN3O4/c13-8-9(18)12(5-17,6-1-2-6)20-10(8)16-4-3-7(14)15-11(16)19/h3-4,6,8-10,17-18H,1-2,5H2,(H2,14,15,19)/t8-,9+,10?,12+/m1/s1. The maximum atomic E-state index is 11.9. The molecular formula is C12H16ClN3O4. The Morgan fingerprint density at radius 1 is 1.60 bits per heavy atom. The van der Waals surface area contributed by atoms with E-state index in [0.717, 1.165) is 12.8 Å². The topological polar surface area (TPSA) is 111 Å². The van der Waals surface area contributed by atoms with E-state index in [0.29, 0.717) is 0 Å². The van der Waals surface area contributed by atoms with Gasteiger partial charge in [0.05, 0.1) is 6.61 Å². The van der Waals surface area contributed by atoms with Crippen molar-refractivity contribution in [1.29, 1.82) is 0 Å². The summed E-state index contributed by atoms with van der Waals surface area (Å²) < 4.78 is 7.00. The lowest BCUT2D eigenvalue weighted by Gasteiger charge is -2.30. The van der Waals surface area contributed by atoms with Crippen LogP contribution in [0, 0.1) is 5.92 Å². The normalized spacial score (nSPS) is 37.2. The molecule has 1 unspecified atom stereocenters. The number of nitrogens with zero attached hydrogens (tertiary/aromatic N) is 2. The fraction of sp³-hybridized carbons (Fsp3) is 0.667. The summed E-state index contributed by atoms with van der Waals surface area (Å²) in [4.78, 5) is 15.5. The van der Waals surface area contributed by atoms with Crippen LogP contribution >= 0.6 is 11.6 Å². The second-order valence-electron chi connectivity index (χ2n) is 5.33. The van der Waals surface area contributed by atoms with Gasteiger partial charge in [0, 0.05) is 6.20 Å². The molecule has 4 N–H and O–H groups in total. The highest BCUT2D eigenvalue weighted by Crippen LogP contribution is 2.52. The Labute approximate surface area is 119 Å². The van der Waals surface area contributed by atoms with Crippen molar-refractivity contribution in [1.82, 2.24) is 9.55 Å². The fourth-order valence-electron chi connectivity index (χ4n) is 2.78. The van der Waals surface area contributed by atoms with Gasteiger partial charge in [0.2, 0.25) is 0 Å². The quantitative estimate of drug-likeness (QED) is 0.647. The van der Waals surface area contributed by atoms with Crippen molar-refractivity contribution in [2.75, 3.05) is 12.3 Å². The van der Waals surface area contributed by atoms with Crippen molar-refractivity contribution in [3.8, 4) is 0 Å². The van der Waals surface area contributed by atoms with Crippen LogP contribution in [0.5, 0.6) is 0 Å². The number of hydrogen-bond donors (Lipinski definition) is 3. The van der Waals surface area contributed by atoms with Crippen molar-refractivity contribution in [3.05, 3.63) is 22.7 Å². The highest BCUT2D eigenvalue weighted by atomic mass is 35.5. The SMILES string of the molecule is Nc1ccn(C2O[C@@](CO)(C3CC3)[C@@H](O)[C@H]2Cl)c(=O)n1. The van der Waals surface area contributed by atoms with Gasteiger partial charge in [0.25, 0.3) is 0 Å². The van der Waals surface area contributed by atoms with Gasteiger partial charge in [-0.3, -0.25) is 4.57 Å². The van der Waals surface area contributed by atoms with Crippen LogP contribution in [0.4, 0.5) is 5.82 Å². The summed E-state index contributed by atoms with van der Waals surface area (Å²) in [6, 6.07) is 1.46. The van der Waals surface area contributed by atoms with E-state index >= 15 is 0 Å². The van der Waals surface area contributed by atoms with Crippen LogP contribution in [0.15, 0.2) is 17.1 Å². The molecule has 1 aliphatic carbocycles. The average molecular weight is 302 g/mol. The lowest BCUT2D eigenvalue weighted by Crippen LogP contribution is -2.47. The van der Waals surface area contributed by atoms with Crippen LogP contribution in [-0.2, 0) is 4.74 Å². The van der Waals surface area contributed by atoms with Crippen LogP contribution < -0.4 is 11.4 Å². The molecule has 2 aliphatic rings. The van der Waals surface area contributed by atoms with Crippen LogP contribution in [0.2, 0.25) is 0 Å². The molecule has 0 aromatic carbocycles. The number of aliphatic hydroxyl groups excluding tert-OH is 2. The number of anilines is 1. The number of alkyl halides is 1. The first-order valence-corrected chi connectivity index (χ1v) is 6.88. The van der Waals surface area contributed by atoms with Crippen LogP contribution in [-0.4, -0.2) is 43.5 Å². The number of hydrogen-bond acceptors (Lipinski definition) is 6. The summed E-state index contributed by atoms with van der Waals surface area (Å²) in [5.74, 6) is 0.165. The first kappa shape index (κ1) is 13.8. The highest BCUT2D eigenvalue weighted by molar-refractivity contribution is 6.21. The summed E-state index contributed by atoms with van der Waals surface area (Å²) >= 11 is 6.20. The molecule has 1 aromatic heterocycles. The molecule has 0 spiro atoms. The van der Waals surface area contributed by atoms with Gasteiger partial charge in [-0.25, -0.2) is 4.79 Å². The molecule has 0 bridgehead atoms. The molecule has 8 heteroatoms. The Morgan fingerprint density at radius 2 is 2.30 bits per heavy atom. The van der Waals surface area contributed by atoms with E-state index < -0.39 is 29.0 Å². The van der Waals surface area contributed by atoms with Crippen LogP contribution in [0.25, 0.3) is 0 Å². The van der Waals surface area contributed by atoms with E-state index in [9.17, 15) is 15.0 Å². The molecular weight excluding hydrogens is 286 g/mol. The van der Waals surface area contributed by atoms with Crippen molar-refractivity contribution < 1.29 is 14.9 Å². The van der Waals surface area contributed by atoms with Gasteiger partial charge in [-0.1, -0.05) is 0 Å². The Hall–Kier alpha value is -1.15. The maximum Gasteiger partial charge on any atom is 0.351 e. The lowest BCUT2D eigenvalue weighted by atomic mass is 9.92. The van der Waals surface area contributed by atoms with Gasteiger partial charge in [-0.05, 0) is 24.8 Å². The first-order chi connectivity index (χ1) is 9.49. The van der Waals surface area contributed by atoms with Gasteiger partial charge in [0.1, 0.15) is 22.9 Å². The zero-order valence-corrected chi connectivity index (χ0v) is 11.4. The van der Waals surface area contributed by atoms with Crippen molar-refractivity contribution in [2.24, 2.45) is 5.92 Å². The zero-order chi connectivity index (χ0) is 14.5. The molecule has 0 radical (unpaired) electrons. The van der Waals surface area contributed by atoms with E-state index in [1.54, 1.807) is 0 Å². The van der Waals surface area contributed by atoms with Crippen LogP contribution in [0.3, 0.4) is 0 Å². The third-order valence-electron chi connectivity index (χ3n) is 4.06. The van der Waals surface area contributed by atoms with E-state index in [4.69, 9.17) is 22.1 Å². The van der Waals surface area contributed by atoms with Gasteiger partial charge < -0.3 is 20.7 Å². The molecule has 1 saturated heterocycles. The van der Waals surface area contributed by atoms with E-state index in [-0.39, 0.29) is 18.3 Å². The molecule has 3 rings (SSSR count). The Morgan fingerprint density at radius 3 is 2.85 bits per heavy atom. The van der Waals surface area contributed by atoms with Gasteiger partial charge >= 0.3 is 5.69 Å². The molecule has 20 heavy (non-hydrogen) atoms. The predicted octanol–water partition coefficient (Wildman–Crippen LogP) is -0.536. The molecule has 1 aliphatic heterocycles. The summed E-state index contributed by atoms with van der Waals surface area (Å²) in [5, 5.41) is 19.1. The summed E-state index contributed by atoms with van der Waals surface area (Å²) in [6.45, 7) is -0.338. The molecule has 4 atom stereocenters. The Balaban J connectivity index is 1.97. The summed E-state index contributed by atoms with van der Waals surface area (Å²) in [6.07, 6.45) is 1.24. The Bertz CT molecular complexity index is 576. The second kappa shape index (κ2) is 4.70. The van der Waals surface area contributed by atoms with Crippen molar-refractivity contribution >= 4 is 17.4 Å². The maximum absolute atomic E-state index is 11.9. The molecule has 2 heterocycles. The first-order valence-electron chi connectivity index (χ1n) is 6.45. The van der Waals surface area contributed by atoms with E-state index in [1.165, 1.54) is 16.8 Å². The van der Waals surface area contributed by atoms with Gasteiger partial charge in [-0.15, -0.1) is 11.6 Å². The molecule has 7 nitrogen and oxygen atoms in total. The third-order valence-corrected chi connectivity index (χ3v) is 4.51. The highest BCUT2D eigenvalue weighted by Gasteiger charge is 2.61. The zero-order valence-electron chi connectivity index (χ0n) is 10.6. The monoisotopic (exact) mass is 301 g/mol. The molecule has 1 aromatic rings. The molecule has 2 fully saturated rings. The van der Waals surface area contributed by atoms with E-state index in [1.807, 2.05) is 0 Å². The van der Waals surface area contributed by atoms with Gasteiger partial charge in [-0.2, -0.15) is 4.98 Å². The van der Waals surface area contributed by atoms with Crippen molar-refractivity contribution in [2.45, 2.75) is 36.2 Å². The summed E-state index contributed by atoms with van der Waals surface area (Å²) in [5.41, 5.74) is 3.74. The number of halogens is 1. The number of ether oxygens (including phenoxy) is 1. The second-order valence-corrected chi connectivity index (χ2v) is 5.83. The van der Waals surface area contributed by atoms with Crippen LogP contribution in [0.1, 0.15) is 19.1 Å². The fourth-order valence-corrected chi connectivity index (χ4v) is 3.17. The third kappa shape index (κ3) is 1.93. The average Bonchev–Trinajstić information content (AvgIpc) is 3.22. The predicted molar refractivity (Wildman–Crippen MR) is 71.2 cm³/mol. The molecule has 1 saturated carbocycles. The summed E-state index contributed by atoms with van der Waals surface area (Å²) in [7, 11) is 0. The smallest absolute Gasteiger partial charge is 0.351 e. The molecule has 110 valence electrons. The largest absolute Gasteiger partial charge is 0.393 e.